The Morgan fingerprint density at radius 1 is 1.45 bits per heavy atom. The minimum absolute atomic E-state index is 0.0154. The third-order valence-corrected chi connectivity index (χ3v) is 3.12. The number of nitriles is 2. The summed E-state index contributed by atoms with van der Waals surface area (Å²) in [5, 5.41) is 20.5. The van der Waals surface area contributed by atoms with Gasteiger partial charge in [-0.25, -0.2) is 0 Å². The van der Waals surface area contributed by atoms with Gasteiger partial charge in [0, 0.05) is 0 Å². The number of carbonyl (C=O) groups excluding carboxylic acids is 1. The van der Waals surface area contributed by atoms with E-state index < -0.39 is 5.54 Å². The molecule has 1 amide bonds. The summed E-state index contributed by atoms with van der Waals surface area (Å²) in [7, 11) is 0. The van der Waals surface area contributed by atoms with Crippen molar-refractivity contribution in [2.75, 3.05) is 6.61 Å². The van der Waals surface area contributed by atoms with Crippen LogP contribution in [0.1, 0.15) is 26.3 Å². The Balaban J connectivity index is 2.60. The molecule has 5 heteroatoms. The fourth-order valence-electron chi connectivity index (χ4n) is 1.43. The van der Waals surface area contributed by atoms with E-state index in [0.717, 1.165) is 0 Å². The highest BCUT2D eigenvalue weighted by atomic mass is 16.5. The highest BCUT2D eigenvalue weighted by molar-refractivity contribution is 5.78. The lowest BCUT2D eigenvalue weighted by Crippen LogP contribution is -2.50. The molecule has 1 rings (SSSR count). The number of nitrogens with one attached hydrogen (secondary N) is 1. The van der Waals surface area contributed by atoms with Gasteiger partial charge in [-0.05, 0) is 31.0 Å². The molecule has 0 spiro atoms. The summed E-state index contributed by atoms with van der Waals surface area (Å²) in [6.07, 6.45) is 0. The fourth-order valence-corrected chi connectivity index (χ4v) is 1.43. The molecule has 1 aromatic rings. The highest BCUT2D eigenvalue weighted by Gasteiger charge is 2.29. The fraction of sp³-hybridized carbons (Fsp3) is 0.400. The summed E-state index contributed by atoms with van der Waals surface area (Å²) >= 11 is 0. The van der Waals surface area contributed by atoms with Crippen molar-refractivity contribution in [2.45, 2.75) is 26.3 Å². The second-order valence-electron chi connectivity index (χ2n) is 4.95. The van der Waals surface area contributed by atoms with Crippen LogP contribution >= 0.6 is 0 Å². The molecule has 20 heavy (non-hydrogen) atoms. The van der Waals surface area contributed by atoms with Crippen molar-refractivity contribution in [3.8, 4) is 17.9 Å². The van der Waals surface area contributed by atoms with Gasteiger partial charge in [0.25, 0.3) is 5.91 Å². The molecule has 1 aromatic carbocycles. The molecule has 0 saturated carbocycles. The average Bonchev–Trinajstić information content (AvgIpc) is 2.45. The van der Waals surface area contributed by atoms with E-state index in [1.165, 1.54) is 0 Å². The number of amides is 1. The quantitative estimate of drug-likeness (QED) is 0.887. The predicted octanol–water partition coefficient (Wildman–Crippen LogP) is 1.99. The number of hydrogen-bond acceptors (Lipinski definition) is 4. The van der Waals surface area contributed by atoms with Gasteiger partial charge in [0.05, 0.1) is 17.7 Å². The Bertz CT molecular complexity index is 569. The lowest BCUT2D eigenvalue weighted by Gasteiger charge is -2.27. The van der Waals surface area contributed by atoms with Crippen LogP contribution in [-0.2, 0) is 4.79 Å². The number of ether oxygens (including phenoxy) is 1. The SMILES string of the molecule is CC(C)C(C)(C#N)NC(=O)COc1cccc(C#N)c1. The zero-order chi connectivity index (χ0) is 15.2. The van der Waals surface area contributed by atoms with Crippen molar-refractivity contribution in [2.24, 2.45) is 5.92 Å². The van der Waals surface area contributed by atoms with Crippen LogP contribution in [0.2, 0.25) is 0 Å². The lowest BCUT2D eigenvalue weighted by molar-refractivity contribution is -0.124. The van der Waals surface area contributed by atoms with E-state index in [4.69, 9.17) is 15.3 Å². The van der Waals surface area contributed by atoms with Crippen LogP contribution in [0.5, 0.6) is 5.75 Å². The monoisotopic (exact) mass is 271 g/mol. The van der Waals surface area contributed by atoms with E-state index >= 15 is 0 Å². The van der Waals surface area contributed by atoms with Gasteiger partial charge >= 0.3 is 0 Å². The van der Waals surface area contributed by atoms with E-state index in [1.807, 2.05) is 19.9 Å². The molecule has 0 aromatic heterocycles. The molecular formula is C15H17N3O2. The normalized spacial score (nSPS) is 12.9. The minimum Gasteiger partial charge on any atom is -0.484 e. The van der Waals surface area contributed by atoms with E-state index in [-0.39, 0.29) is 18.4 Å². The number of hydrogen-bond donors (Lipinski definition) is 1. The minimum atomic E-state index is -0.922. The molecule has 0 bridgehead atoms. The van der Waals surface area contributed by atoms with E-state index in [1.54, 1.807) is 31.2 Å². The summed E-state index contributed by atoms with van der Waals surface area (Å²) in [5.41, 5.74) is -0.457. The van der Waals surface area contributed by atoms with Crippen LogP contribution in [0, 0.1) is 28.6 Å². The average molecular weight is 271 g/mol. The Morgan fingerprint density at radius 3 is 2.70 bits per heavy atom. The van der Waals surface area contributed by atoms with E-state index in [0.29, 0.717) is 11.3 Å². The number of carbonyl (C=O) groups is 1. The second-order valence-corrected chi connectivity index (χ2v) is 4.95. The Kier molecular flexibility index (Phi) is 5.11. The van der Waals surface area contributed by atoms with Gasteiger partial charge in [0.1, 0.15) is 11.3 Å². The Morgan fingerprint density at radius 2 is 2.15 bits per heavy atom. The standard InChI is InChI=1S/C15H17N3O2/c1-11(2)15(3,10-17)18-14(19)9-20-13-6-4-5-12(7-13)8-16/h4-7,11H,9H2,1-3H3,(H,18,19). The smallest absolute Gasteiger partial charge is 0.259 e. The zero-order valence-electron chi connectivity index (χ0n) is 11.8. The first-order valence-corrected chi connectivity index (χ1v) is 6.26. The van der Waals surface area contributed by atoms with Gasteiger partial charge in [-0.2, -0.15) is 10.5 Å². The third kappa shape index (κ3) is 4.00. The zero-order valence-corrected chi connectivity index (χ0v) is 11.8. The first-order chi connectivity index (χ1) is 9.41. The van der Waals surface area contributed by atoms with Crippen LogP contribution in [0.15, 0.2) is 24.3 Å². The molecule has 104 valence electrons. The molecule has 5 nitrogen and oxygen atoms in total. The highest BCUT2D eigenvalue weighted by Crippen LogP contribution is 2.15. The summed E-state index contributed by atoms with van der Waals surface area (Å²) in [4.78, 5) is 11.8. The first-order valence-electron chi connectivity index (χ1n) is 6.26. The number of nitrogens with zero attached hydrogens (tertiary/aromatic N) is 2. The van der Waals surface area contributed by atoms with Crippen molar-refractivity contribution in [3.05, 3.63) is 29.8 Å². The Hall–Kier alpha value is -2.53. The van der Waals surface area contributed by atoms with Crippen LogP contribution in [-0.4, -0.2) is 18.1 Å². The maximum atomic E-state index is 11.8. The van der Waals surface area contributed by atoms with Gasteiger partial charge in [0.15, 0.2) is 6.61 Å². The molecule has 1 N–H and O–H groups in total. The molecule has 0 aliphatic carbocycles. The van der Waals surface area contributed by atoms with Gasteiger partial charge in [-0.3, -0.25) is 4.79 Å². The lowest BCUT2D eigenvalue weighted by atomic mass is 9.90. The van der Waals surface area contributed by atoms with Crippen molar-refractivity contribution >= 4 is 5.91 Å². The summed E-state index contributed by atoms with van der Waals surface area (Å²) in [6, 6.07) is 10.6. The first kappa shape index (κ1) is 15.5. The van der Waals surface area contributed by atoms with Gasteiger partial charge in [0.2, 0.25) is 0 Å². The van der Waals surface area contributed by atoms with Crippen LogP contribution < -0.4 is 10.1 Å². The maximum Gasteiger partial charge on any atom is 0.259 e. The van der Waals surface area contributed by atoms with E-state index in [2.05, 4.69) is 11.4 Å². The topological polar surface area (TPSA) is 85.9 Å². The molecule has 0 radical (unpaired) electrons. The predicted molar refractivity (Wildman–Crippen MR) is 73.7 cm³/mol. The molecule has 0 heterocycles. The molecule has 0 aliphatic rings. The summed E-state index contributed by atoms with van der Waals surface area (Å²) < 4.78 is 5.31. The molecular weight excluding hydrogens is 254 g/mol. The summed E-state index contributed by atoms with van der Waals surface area (Å²) in [5.74, 6) is 0.0610. The molecule has 1 unspecified atom stereocenters. The van der Waals surface area contributed by atoms with Crippen LogP contribution in [0.25, 0.3) is 0 Å². The van der Waals surface area contributed by atoms with Crippen molar-refractivity contribution in [3.63, 3.8) is 0 Å². The summed E-state index contributed by atoms with van der Waals surface area (Å²) in [6.45, 7) is 5.20. The number of benzene rings is 1. The maximum absolute atomic E-state index is 11.8. The third-order valence-electron chi connectivity index (χ3n) is 3.12. The number of rotatable bonds is 5. The second kappa shape index (κ2) is 6.58. The molecule has 0 saturated heterocycles. The largest absolute Gasteiger partial charge is 0.484 e. The molecule has 1 atom stereocenters. The van der Waals surface area contributed by atoms with Gasteiger partial charge in [-0.15, -0.1) is 0 Å². The van der Waals surface area contributed by atoms with Crippen molar-refractivity contribution in [1.29, 1.82) is 10.5 Å². The van der Waals surface area contributed by atoms with Crippen molar-refractivity contribution in [1.82, 2.24) is 5.32 Å². The molecule has 0 aliphatic heterocycles. The molecule has 0 fully saturated rings. The Labute approximate surface area is 118 Å². The van der Waals surface area contributed by atoms with E-state index in [9.17, 15) is 4.79 Å². The van der Waals surface area contributed by atoms with Crippen LogP contribution in [0.3, 0.4) is 0 Å². The van der Waals surface area contributed by atoms with Gasteiger partial charge < -0.3 is 10.1 Å². The van der Waals surface area contributed by atoms with Gasteiger partial charge in [-0.1, -0.05) is 19.9 Å². The van der Waals surface area contributed by atoms with Crippen LogP contribution in [0.4, 0.5) is 0 Å². The van der Waals surface area contributed by atoms with Crippen molar-refractivity contribution < 1.29 is 9.53 Å².